The number of hydrogen-bond acceptors (Lipinski definition) is 2. The van der Waals surface area contributed by atoms with Crippen molar-refractivity contribution in [3.63, 3.8) is 0 Å². The first kappa shape index (κ1) is 8.31. The first-order chi connectivity index (χ1) is 3.66. The molecule has 0 aromatic rings. The zero-order valence-electron chi connectivity index (χ0n) is 5.59. The van der Waals surface area contributed by atoms with E-state index in [1.54, 1.807) is 0 Å². The molecule has 2 N–H and O–H groups in total. The van der Waals surface area contributed by atoms with Gasteiger partial charge in [0.1, 0.15) is 0 Å². The summed E-state index contributed by atoms with van der Waals surface area (Å²) in [6.07, 6.45) is 2.14. The maximum Gasteiger partial charge on any atom is 0.00287 e. The third-order valence-electron chi connectivity index (χ3n) is 1.12. The molecule has 0 bridgehead atoms. The van der Waals surface area contributed by atoms with Gasteiger partial charge in [-0.1, -0.05) is 6.92 Å². The first-order valence-electron chi connectivity index (χ1n) is 3.10. The van der Waals surface area contributed by atoms with Gasteiger partial charge in [0.05, 0.1) is 0 Å². The summed E-state index contributed by atoms with van der Waals surface area (Å²) in [5.41, 5.74) is 5.52. The minimum atomic E-state index is 0.303. The lowest BCUT2D eigenvalue weighted by Crippen LogP contribution is -2.19. The summed E-state index contributed by atoms with van der Waals surface area (Å²) in [6.45, 7) is 4.14. The molecule has 0 radical (unpaired) electrons. The van der Waals surface area contributed by atoms with Gasteiger partial charge >= 0.3 is 0 Å². The molecule has 0 rings (SSSR count). The van der Waals surface area contributed by atoms with E-state index in [1.807, 2.05) is 6.92 Å². The third-order valence-corrected chi connectivity index (χ3v) is 1.69. The van der Waals surface area contributed by atoms with E-state index in [9.17, 15) is 0 Å². The summed E-state index contributed by atoms with van der Waals surface area (Å²) in [5.74, 6) is 0. The topological polar surface area (TPSA) is 26.0 Å². The Morgan fingerprint density at radius 1 is 1.62 bits per heavy atom. The molecule has 8 heavy (non-hydrogen) atoms. The van der Waals surface area contributed by atoms with E-state index in [-0.39, 0.29) is 0 Å². The molecule has 0 aromatic carbocycles. The van der Waals surface area contributed by atoms with Crippen molar-refractivity contribution in [1.82, 2.24) is 0 Å². The molecule has 0 aliphatic rings. The third kappa shape index (κ3) is 4.47. The lowest BCUT2D eigenvalue weighted by Gasteiger charge is -2.09. The second-order valence-corrected chi connectivity index (χ2v) is 3.01. The van der Waals surface area contributed by atoms with Crippen LogP contribution in [-0.2, 0) is 0 Å². The van der Waals surface area contributed by atoms with E-state index in [0.29, 0.717) is 11.3 Å². The van der Waals surface area contributed by atoms with Crippen molar-refractivity contribution in [3.05, 3.63) is 0 Å². The quantitative estimate of drug-likeness (QED) is 0.560. The van der Waals surface area contributed by atoms with E-state index in [0.717, 1.165) is 12.8 Å². The van der Waals surface area contributed by atoms with Crippen LogP contribution in [0.1, 0.15) is 26.7 Å². The van der Waals surface area contributed by atoms with Crippen LogP contribution < -0.4 is 5.73 Å². The molecule has 1 unspecified atom stereocenters. The van der Waals surface area contributed by atoms with Crippen LogP contribution in [0.15, 0.2) is 0 Å². The van der Waals surface area contributed by atoms with E-state index >= 15 is 0 Å². The summed E-state index contributed by atoms with van der Waals surface area (Å²) in [7, 11) is 0. The van der Waals surface area contributed by atoms with Gasteiger partial charge in [0.2, 0.25) is 0 Å². The molecule has 0 aromatic heterocycles. The molecule has 1 nitrogen and oxygen atoms in total. The Bertz CT molecular complexity index is 54.5. The Morgan fingerprint density at radius 2 is 2.12 bits per heavy atom. The number of nitrogens with two attached hydrogens (primary N) is 1. The van der Waals surface area contributed by atoms with Gasteiger partial charge in [0.25, 0.3) is 0 Å². The van der Waals surface area contributed by atoms with Gasteiger partial charge in [-0.3, -0.25) is 0 Å². The Balaban J connectivity index is 3.10. The Morgan fingerprint density at radius 3 is 2.25 bits per heavy atom. The molecular weight excluding hydrogens is 118 g/mol. The summed E-state index contributed by atoms with van der Waals surface area (Å²) < 4.78 is 0. The van der Waals surface area contributed by atoms with Gasteiger partial charge in [0.15, 0.2) is 0 Å². The van der Waals surface area contributed by atoms with E-state index in [1.165, 1.54) is 0 Å². The van der Waals surface area contributed by atoms with Crippen LogP contribution in [0.4, 0.5) is 0 Å². The minimum absolute atomic E-state index is 0.303. The van der Waals surface area contributed by atoms with Gasteiger partial charge < -0.3 is 5.73 Å². The Kier molecular flexibility index (Phi) is 4.38. The van der Waals surface area contributed by atoms with Crippen LogP contribution >= 0.6 is 12.6 Å². The molecule has 0 fully saturated rings. The molecule has 0 aliphatic heterocycles. The highest BCUT2D eigenvalue weighted by atomic mass is 32.1. The number of thiol groups is 1. The summed E-state index contributed by atoms with van der Waals surface area (Å²) in [6, 6.07) is 0.303. The summed E-state index contributed by atoms with van der Waals surface area (Å²) >= 11 is 4.29. The Labute approximate surface area is 57.1 Å². The van der Waals surface area contributed by atoms with Crippen molar-refractivity contribution in [2.75, 3.05) is 0 Å². The lowest BCUT2D eigenvalue weighted by molar-refractivity contribution is 0.631. The molecule has 0 spiro atoms. The van der Waals surface area contributed by atoms with Crippen molar-refractivity contribution in [2.45, 2.75) is 38.0 Å². The maximum absolute atomic E-state index is 5.52. The molecule has 50 valence electrons. The van der Waals surface area contributed by atoms with Crippen LogP contribution in [0.25, 0.3) is 0 Å². The predicted octanol–water partition coefficient (Wildman–Crippen LogP) is 1.43. The molecule has 2 heteroatoms. The molecule has 0 saturated heterocycles. The van der Waals surface area contributed by atoms with Gasteiger partial charge in [-0.25, -0.2) is 0 Å². The van der Waals surface area contributed by atoms with Crippen molar-refractivity contribution in [3.8, 4) is 0 Å². The highest BCUT2D eigenvalue weighted by molar-refractivity contribution is 7.80. The smallest absolute Gasteiger partial charge is 0.00287 e. The SMILES string of the molecule is CC[C@@H](S)CC(C)N. The first-order valence-corrected chi connectivity index (χ1v) is 3.62. The standard InChI is InChI=1S/C6H15NS/c1-3-6(8)4-5(2)7/h5-6,8H,3-4,7H2,1-2H3/t5?,6-/m1/s1. The Hall–Kier alpha value is 0.310. The molecule has 0 saturated carbocycles. The molecule has 0 aliphatic carbocycles. The van der Waals surface area contributed by atoms with Gasteiger partial charge in [-0.15, -0.1) is 0 Å². The van der Waals surface area contributed by atoms with Gasteiger partial charge in [0, 0.05) is 11.3 Å². The maximum atomic E-state index is 5.52. The minimum Gasteiger partial charge on any atom is -0.328 e. The molecule has 2 atom stereocenters. The van der Waals surface area contributed by atoms with E-state index in [4.69, 9.17) is 5.73 Å². The van der Waals surface area contributed by atoms with Crippen molar-refractivity contribution in [2.24, 2.45) is 5.73 Å². The van der Waals surface area contributed by atoms with Crippen LogP contribution in [0, 0.1) is 0 Å². The van der Waals surface area contributed by atoms with Crippen LogP contribution in [0.3, 0.4) is 0 Å². The van der Waals surface area contributed by atoms with Crippen LogP contribution in [0.5, 0.6) is 0 Å². The molecule has 0 heterocycles. The lowest BCUT2D eigenvalue weighted by atomic mass is 10.1. The second kappa shape index (κ2) is 4.21. The average molecular weight is 133 g/mol. The second-order valence-electron chi connectivity index (χ2n) is 2.28. The zero-order valence-corrected chi connectivity index (χ0v) is 6.49. The normalized spacial score (nSPS) is 18.0. The number of hydrogen-bond donors (Lipinski definition) is 2. The monoisotopic (exact) mass is 133 g/mol. The largest absolute Gasteiger partial charge is 0.328 e. The summed E-state index contributed by atoms with van der Waals surface area (Å²) in [5, 5.41) is 0.495. The average Bonchev–Trinajstić information content (AvgIpc) is 1.65. The fourth-order valence-electron chi connectivity index (χ4n) is 0.596. The fraction of sp³-hybridized carbons (Fsp3) is 1.00. The van der Waals surface area contributed by atoms with Crippen molar-refractivity contribution >= 4 is 12.6 Å². The van der Waals surface area contributed by atoms with Crippen LogP contribution in [0.2, 0.25) is 0 Å². The van der Waals surface area contributed by atoms with Crippen LogP contribution in [-0.4, -0.2) is 11.3 Å². The van der Waals surface area contributed by atoms with E-state index in [2.05, 4.69) is 19.6 Å². The van der Waals surface area contributed by atoms with Gasteiger partial charge in [-0.05, 0) is 19.8 Å². The van der Waals surface area contributed by atoms with Gasteiger partial charge in [-0.2, -0.15) is 12.6 Å². The highest BCUT2D eigenvalue weighted by Crippen LogP contribution is 2.06. The fourth-order valence-corrected chi connectivity index (χ4v) is 0.928. The predicted molar refractivity (Wildman–Crippen MR) is 41.3 cm³/mol. The number of rotatable bonds is 3. The molecule has 0 amide bonds. The summed E-state index contributed by atoms with van der Waals surface area (Å²) in [4.78, 5) is 0. The van der Waals surface area contributed by atoms with Crippen molar-refractivity contribution < 1.29 is 0 Å². The molecular formula is C6H15NS. The zero-order chi connectivity index (χ0) is 6.57. The van der Waals surface area contributed by atoms with Crippen molar-refractivity contribution in [1.29, 1.82) is 0 Å². The highest BCUT2D eigenvalue weighted by Gasteiger charge is 2.01. The van der Waals surface area contributed by atoms with E-state index < -0.39 is 0 Å².